The Morgan fingerprint density at radius 3 is 1.71 bits per heavy atom. The number of unbranched alkanes of at least 4 members (excludes halogenated alkanes) is 10. The average Bonchev–Trinajstić information content (AvgIpc) is 2.78. The predicted octanol–water partition coefficient (Wildman–Crippen LogP) is 9.38. The summed E-state index contributed by atoms with van der Waals surface area (Å²) in [6, 6.07) is 3.80. The van der Waals surface area contributed by atoms with Gasteiger partial charge >= 0.3 is 7.82 Å². The lowest BCUT2D eigenvalue weighted by molar-refractivity contribution is 0.105. The van der Waals surface area contributed by atoms with Crippen molar-refractivity contribution in [2.75, 3.05) is 13.2 Å². The van der Waals surface area contributed by atoms with Crippen LogP contribution in [-0.2, 0) is 30.2 Å². The molecule has 0 amide bonds. The van der Waals surface area contributed by atoms with Crippen LogP contribution in [0.4, 0.5) is 0 Å². The lowest BCUT2D eigenvalue weighted by Gasteiger charge is -2.23. The van der Waals surface area contributed by atoms with E-state index in [0.717, 1.165) is 42.4 Å². The number of hydrogen-bond donors (Lipinski definition) is 1. The molecule has 0 spiro atoms. The minimum Gasteiger partial charge on any atom is -0.507 e. The van der Waals surface area contributed by atoms with Crippen LogP contribution in [0, 0.1) is 6.92 Å². The molecular formula is C28H51O5P. The smallest absolute Gasteiger partial charge is 0.475 e. The monoisotopic (exact) mass is 498 g/mol. The van der Waals surface area contributed by atoms with Gasteiger partial charge in [-0.15, -0.1) is 0 Å². The van der Waals surface area contributed by atoms with E-state index in [1.165, 1.54) is 51.4 Å². The molecule has 0 unspecified atom stereocenters. The maximum Gasteiger partial charge on any atom is 0.475 e. The van der Waals surface area contributed by atoms with E-state index in [4.69, 9.17) is 13.6 Å². The van der Waals surface area contributed by atoms with Crippen molar-refractivity contribution in [3.63, 3.8) is 0 Å². The van der Waals surface area contributed by atoms with E-state index in [-0.39, 0.29) is 12.0 Å². The molecule has 1 N–H and O–H groups in total. The SMILES string of the molecule is CCCCCCCCOP(=O)(OCCCCCCCC)OCc1cc(C)c(O)c(C(C)(C)C)c1. The quantitative estimate of drug-likeness (QED) is 0.152. The molecule has 0 aliphatic heterocycles. The minimum absolute atomic E-state index is 0.120. The van der Waals surface area contributed by atoms with Crippen molar-refractivity contribution >= 4 is 7.82 Å². The number of rotatable bonds is 19. The zero-order chi connectivity index (χ0) is 25.5. The third-order valence-electron chi connectivity index (χ3n) is 6.05. The molecule has 198 valence electrons. The fraction of sp³-hybridized carbons (Fsp3) is 0.786. The Morgan fingerprint density at radius 2 is 1.24 bits per heavy atom. The van der Waals surface area contributed by atoms with Crippen molar-refractivity contribution in [3.05, 3.63) is 28.8 Å². The molecule has 0 heterocycles. The summed E-state index contributed by atoms with van der Waals surface area (Å²) in [7, 11) is -3.65. The lowest BCUT2D eigenvalue weighted by Crippen LogP contribution is -2.13. The summed E-state index contributed by atoms with van der Waals surface area (Å²) in [6.07, 6.45) is 13.6. The van der Waals surface area contributed by atoms with E-state index in [0.29, 0.717) is 19.0 Å². The Bertz CT molecular complexity index is 704. The molecule has 0 fully saturated rings. The fourth-order valence-electron chi connectivity index (χ4n) is 3.89. The van der Waals surface area contributed by atoms with Crippen LogP contribution in [0.2, 0.25) is 0 Å². The van der Waals surface area contributed by atoms with E-state index in [1.54, 1.807) is 0 Å². The van der Waals surface area contributed by atoms with Crippen LogP contribution < -0.4 is 0 Å². The van der Waals surface area contributed by atoms with Gasteiger partial charge in [-0.2, -0.15) is 0 Å². The van der Waals surface area contributed by atoms with E-state index in [2.05, 4.69) is 34.6 Å². The van der Waals surface area contributed by atoms with Gasteiger partial charge in [-0.05, 0) is 47.9 Å². The summed E-state index contributed by atoms with van der Waals surface area (Å²) >= 11 is 0. The molecule has 1 rings (SSSR count). The average molecular weight is 499 g/mol. The first kappa shape index (κ1) is 31.2. The van der Waals surface area contributed by atoms with Gasteiger partial charge in [0.25, 0.3) is 0 Å². The highest BCUT2D eigenvalue weighted by atomic mass is 31.2. The number of phenolic OH excluding ortho intramolecular Hbond substituents is 1. The van der Waals surface area contributed by atoms with Crippen molar-refractivity contribution in [2.24, 2.45) is 0 Å². The second-order valence-electron chi connectivity index (χ2n) is 10.5. The van der Waals surface area contributed by atoms with Crippen molar-refractivity contribution < 1.29 is 23.2 Å². The molecule has 0 aliphatic carbocycles. The summed E-state index contributed by atoms with van der Waals surface area (Å²) in [5, 5.41) is 10.5. The normalized spacial score (nSPS) is 12.4. The van der Waals surface area contributed by atoms with Gasteiger partial charge in [0.15, 0.2) is 0 Å². The molecule has 0 aliphatic rings. The Balaban J connectivity index is 2.70. The van der Waals surface area contributed by atoms with Crippen molar-refractivity contribution in [1.29, 1.82) is 0 Å². The number of phosphoric ester groups is 1. The highest BCUT2D eigenvalue weighted by Gasteiger charge is 2.27. The van der Waals surface area contributed by atoms with E-state index in [9.17, 15) is 9.67 Å². The second-order valence-corrected chi connectivity index (χ2v) is 12.2. The highest BCUT2D eigenvalue weighted by molar-refractivity contribution is 7.48. The van der Waals surface area contributed by atoms with Gasteiger partial charge in [0, 0.05) is 0 Å². The first-order valence-electron chi connectivity index (χ1n) is 13.5. The van der Waals surface area contributed by atoms with Crippen molar-refractivity contribution in [3.8, 4) is 5.75 Å². The van der Waals surface area contributed by atoms with Gasteiger partial charge in [0.1, 0.15) is 5.75 Å². The van der Waals surface area contributed by atoms with Gasteiger partial charge in [0.2, 0.25) is 0 Å². The Hall–Kier alpha value is -0.870. The third kappa shape index (κ3) is 12.7. The van der Waals surface area contributed by atoms with Gasteiger partial charge in [-0.3, -0.25) is 13.6 Å². The number of benzene rings is 1. The summed E-state index contributed by atoms with van der Waals surface area (Å²) in [5.74, 6) is 0.304. The maximum atomic E-state index is 13.4. The first-order chi connectivity index (χ1) is 16.1. The zero-order valence-corrected chi connectivity index (χ0v) is 23.7. The van der Waals surface area contributed by atoms with Gasteiger partial charge in [0.05, 0.1) is 19.8 Å². The van der Waals surface area contributed by atoms with Crippen LogP contribution in [0.25, 0.3) is 0 Å². The van der Waals surface area contributed by atoms with E-state index < -0.39 is 7.82 Å². The van der Waals surface area contributed by atoms with Crippen LogP contribution in [0.1, 0.15) is 128 Å². The van der Waals surface area contributed by atoms with E-state index in [1.807, 2.05) is 19.1 Å². The maximum absolute atomic E-state index is 13.4. The summed E-state index contributed by atoms with van der Waals surface area (Å²) in [6.45, 7) is 13.3. The first-order valence-corrected chi connectivity index (χ1v) is 15.0. The molecule has 1 aromatic rings. The topological polar surface area (TPSA) is 65.0 Å². The predicted molar refractivity (Wildman–Crippen MR) is 143 cm³/mol. The molecule has 0 atom stereocenters. The van der Waals surface area contributed by atoms with E-state index >= 15 is 0 Å². The van der Waals surface area contributed by atoms with Crippen LogP contribution in [0.15, 0.2) is 12.1 Å². The number of phenols is 1. The minimum atomic E-state index is -3.65. The number of aryl methyl sites for hydroxylation is 1. The molecule has 1 aromatic carbocycles. The van der Waals surface area contributed by atoms with Crippen molar-refractivity contribution in [1.82, 2.24) is 0 Å². The molecule has 0 radical (unpaired) electrons. The number of aromatic hydroxyl groups is 1. The Kier molecular flexibility index (Phi) is 15.3. The largest absolute Gasteiger partial charge is 0.507 e. The third-order valence-corrected chi connectivity index (χ3v) is 7.50. The lowest BCUT2D eigenvalue weighted by atomic mass is 9.84. The van der Waals surface area contributed by atoms with Gasteiger partial charge in [-0.1, -0.05) is 105 Å². The van der Waals surface area contributed by atoms with Crippen LogP contribution >= 0.6 is 7.82 Å². The second kappa shape index (κ2) is 16.7. The Morgan fingerprint density at radius 1 is 0.765 bits per heavy atom. The molecule has 0 bridgehead atoms. The number of phosphoric acid groups is 1. The fourth-order valence-corrected chi connectivity index (χ4v) is 5.13. The molecule has 0 aromatic heterocycles. The molecule has 0 saturated carbocycles. The van der Waals surface area contributed by atoms with Crippen LogP contribution in [0.3, 0.4) is 0 Å². The van der Waals surface area contributed by atoms with Crippen LogP contribution in [0.5, 0.6) is 5.75 Å². The summed E-state index contributed by atoms with van der Waals surface area (Å²) in [5.41, 5.74) is 2.27. The molecule has 34 heavy (non-hydrogen) atoms. The van der Waals surface area contributed by atoms with Crippen molar-refractivity contribution in [2.45, 2.75) is 131 Å². The summed E-state index contributed by atoms with van der Waals surface area (Å²) < 4.78 is 30.6. The standard InChI is InChI=1S/C28H51O5P/c1-7-9-11-13-15-17-19-31-34(30,32-20-18-16-14-12-10-8-2)33-23-25-21-24(3)27(29)26(22-25)28(4,5)6/h21-22,29H,7-20,23H2,1-6H3. The molecule has 0 saturated heterocycles. The molecular weight excluding hydrogens is 447 g/mol. The van der Waals surface area contributed by atoms with Gasteiger partial charge < -0.3 is 5.11 Å². The van der Waals surface area contributed by atoms with Crippen LogP contribution in [-0.4, -0.2) is 18.3 Å². The van der Waals surface area contributed by atoms with Gasteiger partial charge in [-0.25, -0.2) is 4.57 Å². The number of hydrogen-bond acceptors (Lipinski definition) is 5. The highest BCUT2D eigenvalue weighted by Crippen LogP contribution is 2.50. The molecule has 6 heteroatoms. The Labute approximate surface area is 209 Å². The zero-order valence-electron chi connectivity index (χ0n) is 22.8. The summed E-state index contributed by atoms with van der Waals surface area (Å²) in [4.78, 5) is 0. The molecule has 5 nitrogen and oxygen atoms in total.